The number of hydrogen-bond donors (Lipinski definition) is 2. The second-order valence-electron chi connectivity index (χ2n) is 4.97. The van der Waals surface area contributed by atoms with Crippen LogP contribution in [0.3, 0.4) is 0 Å². The average Bonchev–Trinajstić information content (AvgIpc) is 2.54. The van der Waals surface area contributed by atoms with Gasteiger partial charge in [-0.3, -0.25) is 5.41 Å². The molecule has 0 aliphatic carbocycles. The third-order valence-corrected chi connectivity index (χ3v) is 4.10. The number of amidine groups is 1. The fraction of sp³-hybridized carbons (Fsp3) is 0.500. The van der Waals surface area contributed by atoms with E-state index in [0.29, 0.717) is 6.04 Å². The fourth-order valence-electron chi connectivity index (χ4n) is 2.61. The minimum atomic E-state index is 0.141. The monoisotopic (exact) mass is 309 g/mol. The van der Waals surface area contributed by atoms with E-state index in [0.717, 1.165) is 22.3 Å². The van der Waals surface area contributed by atoms with Crippen LogP contribution in [0.5, 0.6) is 0 Å². The SMILES string of the molecule is CC1CCCCCN1c1ccc(Br)cc1C(=N)N. The summed E-state index contributed by atoms with van der Waals surface area (Å²) in [5, 5.41) is 7.74. The third kappa shape index (κ3) is 2.86. The highest BCUT2D eigenvalue weighted by Crippen LogP contribution is 2.29. The normalized spacial score (nSPS) is 20.6. The Hall–Kier alpha value is -1.03. The van der Waals surface area contributed by atoms with Gasteiger partial charge in [-0.2, -0.15) is 0 Å². The van der Waals surface area contributed by atoms with E-state index in [1.165, 1.54) is 25.7 Å². The van der Waals surface area contributed by atoms with Gasteiger partial charge in [0, 0.05) is 28.3 Å². The first-order valence-electron chi connectivity index (χ1n) is 6.50. The lowest BCUT2D eigenvalue weighted by Crippen LogP contribution is -2.34. The molecule has 3 nitrogen and oxygen atoms in total. The maximum atomic E-state index is 7.74. The molecule has 1 unspecified atom stereocenters. The molecular weight excluding hydrogens is 290 g/mol. The van der Waals surface area contributed by atoms with Crippen LogP contribution in [0.2, 0.25) is 0 Å². The van der Waals surface area contributed by atoms with Gasteiger partial charge in [-0.25, -0.2) is 0 Å². The molecule has 1 aromatic carbocycles. The Morgan fingerprint density at radius 3 is 2.89 bits per heavy atom. The molecule has 98 valence electrons. The number of nitrogens with zero attached hydrogens (tertiary/aromatic N) is 1. The van der Waals surface area contributed by atoms with Gasteiger partial charge in [0.05, 0.1) is 0 Å². The summed E-state index contributed by atoms with van der Waals surface area (Å²) < 4.78 is 0.971. The van der Waals surface area contributed by atoms with E-state index in [2.05, 4.69) is 33.8 Å². The molecule has 4 heteroatoms. The molecule has 1 aliphatic rings. The number of hydrogen-bond acceptors (Lipinski definition) is 2. The smallest absolute Gasteiger partial charge is 0.124 e. The number of nitrogens with one attached hydrogen (secondary N) is 1. The van der Waals surface area contributed by atoms with Gasteiger partial charge < -0.3 is 10.6 Å². The lowest BCUT2D eigenvalue weighted by atomic mass is 10.1. The van der Waals surface area contributed by atoms with Crippen molar-refractivity contribution in [2.75, 3.05) is 11.4 Å². The van der Waals surface area contributed by atoms with Crippen LogP contribution in [0.4, 0.5) is 5.69 Å². The first-order chi connectivity index (χ1) is 8.59. The number of benzene rings is 1. The van der Waals surface area contributed by atoms with Crippen molar-refractivity contribution < 1.29 is 0 Å². The fourth-order valence-corrected chi connectivity index (χ4v) is 2.97. The third-order valence-electron chi connectivity index (χ3n) is 3.61. The number of rotatable bonds is 2. The van der Waals surface area contributed by atoms with Crippen LogP contribution in [0.25, 0.3) is 0 Å². The Morgan fingerprint density at radius 2 is 2.17 bits per heavy atom. The molecule has 0 aromatic heterocycles. The predicted octanol–water partition coefficient (Wildman–Crippen LogP) is 3.50. The molecule has 18 heavy (non-hydrogen) atoms. The van der Waals surface area contributed by atoms with E-state index in [9.17, 15) is 0 Å². The van der Waals surface area contributed by atoms with Crippen LogP contribution >= 0.6 is 15.9 Å². The van der Waals surface area contributed by atoms with Crippen molar-refractivity contribution >= 4 is 27.5 Å². The Labute approximate surface area is 117 Å². The van der Waals surface area contributed by atoms with Crippen molar-refractivity contribution in [3.8, 4) is 0 Å². The van der Waals surface area contributed by atoms with Crippen LogP contribution in [0.15, 0.2) is 22.7 Å². The van der Waals surface area contributed by atoms with E-state index in [1.807, 2.05) is 12.1 Å². The molecule has 2 rings (SSSR count). The maximum Gasteiger partial charge on any atom is 0.124 e. The first-order valence-corrected chi connectivity index (χ1v) is 7.29. The van der Waals surface area contributed by atoms with E-state index in [1.54, 1.807) is 0 Å². The highest BCUT2D eigenvalue weighted by atomic mass is 79.9. The summed E-state index contributed by atoms with van der Waals surface area (Å²) in [6.45, 7) is 3.32. The average molecular weight is 310 g/mol. The van der Waals surface area contributed by atoms with Gasteiger partial charge in [0.15, 0.2) is 0 Å². The molecule has 1 heterocycles. The largest absolute Gasteiger partial charge is 0.384 e. The van der Waals surface area contributed by atoms with Crippen LogP contribution in [0.1, 0.15) is 38.2 Å². The molecule has 1 aliphatic heterocycles. The van der Waals surface area contributed by atoms with E-state index >= 15 is 0 Å². The van der Waals surface area contributed by atoms with Crippen molar-refractivity contribution in [1.29, 1.82) is 5.41 Å². The molecule has 0 spiro atoms. The zero-order valence-corrected chi connectivity index (χ0v) is 12.3. The second-order valence-corrected chi connectivity index (χ2v) is 5.88. The van der Waals surface area contributed by atoms with Crippen molar-refractivity contribution in [2.24, 2.45) is 5.73 Å². The Kier molecular flexibility index (Phi) is 4.27. The molecular formula is C14H20BrN3. The Bertz CT molecular complexity index is 445. The number of nitrogen functional groups attached to an aromatic ring is 1. The summed E-state index contributed by atoms with van der Waals surface area (Å²) in [5.41, 5.74) is 7.64. The lowest BCUT2D eigenvalue weighted by Gasteiger charge is -2.31. The van der Waals surface area contributed by atoms with Gasteiger partial charge in [-0.15, -0.1) is 0 Å². The summed E-state index contributed by atoms with van der Waals surface area (Å²) in [6.07, 6.45) is 5.03. The quantitative estimate of drug-likeness (QED) is 0.649. The molecule has 1 aromatic rings. The predicted molar refractivity (Wildman–Crippen MR) is 80.4 cm³/mol. The van der Waals surface area contributed by atoms with Crippen LogP contribution in [-0.2, 0) is 0 Å². The highest BCUT2D eigenvalue weighted by Gasteiger charge is 2.20. The van der Waals surface area contributed by atoms with Gasteiger partial charge in [-0.1, -0.05) is 28.8 Å². The van der Waals surface area contributed by atoms with Crippen LogP contribution < -0.4 is 10.6 Å². The molecule has 3 N–H and O–H groups in total. The molecule has 0 radical (unpaired) electrons. The first kappa shape index (κ1) is 13.4. The highest BCUT2D eigenvalue weighted by molar-refractivity contribution is 9.10. The van der Waals surface area contributed by atoms with E-state index in [4.69, 9.17) is 11.1 Å². The number of halogens is 1. The standard InChI is InChI=1S/C14H20BrN3/c1-10-5-3-2-4-8-18(10)13-7-6-11(15)9-12(13)14(16)17/h6-7,9-10H,2-5,8H2,1H3,(H3,16,17). The van der Waals surface area contributed by atoms with Crippen molar-refractivity contribution in [3.05, 3.63) is 28.2 Å². The topological polar surface area (TPSA) is 53.1 Å². The molecule has 1 saturated heterocycles. The summed E-state index contributed by atoms with van der Waals surface area (Å²) >= 11 is 3.45. The number of anilines is 1. The van der Waals surface area contributed by atoms with Gasteiger partial charge in [-0.05, 0) is 38.0 Å². The lowest BCUT2D eigenvalue weighted by molar-refractivity contribution is 0.616. The Balaban J connectivity index is 2.39. The van der Waals surface area contributed by atoms with Gasteiger partial charge in [0.2, 0.25) is 0 Å². The van der Waals surface area contributed by atoms with Crippen LogP contribution in [0, 0.1) is 5.41 Å². The summed E-state index contributed by atoms with van der Waals surface area (Å²) in [7, 11) is 0. The van der Waals surface area contributed by atoms with Crippen molar-refractivity contribution in [1.82, 2.24) is 0 Å². The van der Waals surface area contributed by atoms with Gasteiger partial charge in [0.1, 0.15) is 5.84 Å². The zero-order chi connectivity index (χ0) is 13.1. The molecule has 0 amide bonds. The van der Waals surface area contributed by atoms with Crippen molar-refractivity contribution in [2.45, 2.75) is 38.6 Å². The Morgan fingerprint density at radius 1 is 1.39 bits per heavy atom. The molecule has 1 atom stereocenters. The summed E-state index contributed by atoms with van der Waals surface area (Å²) in [4.78, 5) is 2.40. The summed E-state index contributed by atoms with van der Waals surface area (Å²) in [6, 6.07) is 6.56. The van der Waals surface area contributed by atoms with Gasteiger partial charge >= 0.3 is 0 Å². The van der Waals surface area contributed by atoms with Crippen molar-refractivity contribution in [3.63, 3.8) is 0 Å². The number of nitrogens with two attached hydrogens (primary N) is 1. The van der Waals surface area contributed by atoms with Crippen LogP contribution in [-0.4, -0.2) is 18.4 Å². The van der Waals surface area contributed by atoms with E-state index in [-0.39, 0.29) is 5.84 Å². The molecule has 0 saturated carbocycles. The molecule has 1 fully saturated rings. The second kappa shape index (κ2) is 5.74. The zero-order valence-electron chi connectivity index (χ0n) is 10.7. The summed E-state index contributed by atoms with van der Waals surface area (Å²) in [5.74, 6) is 0.141. The van der Waals surface area contributed by atoms with E-state index < -0.39 is 0 Å². The minimum absolute atomic E-state index is 0.141. The maximum absolute atomic E-state index is 7.74. The van der Waals surface area contributed by atoms with Gasteiger partial charge in [0.25, 0.3) is 0 Å². The minimum Gasteiger partial charge on any atom is -0.384 e. The molecule has 0 bridgehead atoms.